The molecular weight excluding hydrogens is 472 g/mol. The quantitative estimate of drug-likeness (QED) is 0.0923. The van der Waals surface area contributed by atoms with E-state index in [0.717, 1.165) is 63.2 Å². The lowest BCUT2D eigenvalue weighted by Crippen LogP contribution is -2.17. The minimum Gasteiger partial charge on any atom is -0.481 e. The molecule has 0 aromatic carbocycles. The third-order valence-corrected chi connectivity index (χ3v) is 7.38. The van der Waals surface area contributed by atoms with E-state index in [1.165, 1.54) is 77.0 Å². The van der Waals surface area contributed by atoms with E-state index in [-0.39, 0.29) is 18.0 Å². The molecule has 0 aliphatic heterocycles. The van der Waals surface area contributed by atoms with Crippen molar-refractivity contribution in [3.05, 3.63) is 0 Å². The molecule has 0 aromatic rings. The lowest BCUT2D eigenvalue weighted by Gasteiger charge is -2.16. The second-order valence-electron chi connectivity index (χ2n) is 12.3. The molecule has 0 heterocycles. The van der Waals surface area contributed by atoms with Gasteiger partial charge in [0.15, 0.2) is 0 Å². The van der Waals surface area contributed by atoms with Crippen LogP contribution in [0.4, 0.5) is 0 Å². The Balaban J connectivity index is 0. The largest absolute Gasteiger partial charge is 0.481 e. The lowest BCUT2D eigenvalue weighted by molar-refractivity contribution is -0.149. The highest BCUT2D eigenvalue weighted by Gasteiger charge is 2.16. The summed E-state index contributed by atoms with van der Waals surface area (Å²) in [5.41, 5.74) is 0. The summed E-state index contributed by atoms with van der Waals surface area (Å²) in [6.45, 7) is 15.5. The van der Waals surface area contributed by atoms with Crippen molar-refractivity contribution in [3.63, 3.8) is 0 Å². The standard InChI is InChI=1S/2C17H34O2/c1-5-7-9-13-16(6-2)19-17(18)14-11-8-10-12-15(3)4;1-4-5-6-7-8-9-13-16(17(18)19)14-11-10-12-15(2)3/h15-16H,5-14H2,1-4H3;15-16H,4-14H2,1-3H3,(H,18,19). The van der Waals surface area contributed by atoms with Crippen LogP contribution in [0, 0.1) is 17.8 Å². The maximum Gasteiger partial charge on any atom is 0.306 e. The molecular formula is C34H68O4. The number of carboxylic acids is 1. The van der Waals surface area contributed by atoms with Crippen LogP contribution >= 0.6 is 0 Å². The molecule has 0 spiro atoms. The van der Waals surface area contributed by atoms with Crippen molar-refractivity contribution in [1.29, 1.82) is 0 Å². The average molecular weight is 541 g/mol. The van der Waals surface area contributed by atoms with Gasteiger partial charge in [0.2, 0.25) is 0 Å². The van der Waals surface area contributed by atoms with Crippen LogP contribution in [0.2, 0.25) is 0 Å². The normalized spacial score (nSPS) is 12.8. The molecule has 0 aliphatic carbocycles. The molecule has 0 aliphatic rings. The Bertz CT molecular complexity index is 515. The maximum absolute atomic E-state index is 11.7. The van der Waals surface area contributed by atoms with E-state index in [9.17, 15) is 14.7 Å². The van der Waals surface area contributed by atoms with Gasteiger partial charge in [0.05, 0.1) is 5.92 Å². The topological polar surface area (TPSA) is 63.6 Å². The van der Waals surface area contributed by atoms with Gasteiger partial charge in [-0.3, -0.25) is 9.59 Å². The Morgan fingerprint density at radius 2 is 1.00 bits per heavy atom. The van der Waals surface area contributed by atoms with E-state index in [4.69, 9.17) is 4.74 Å². The van der Waals surface area contributed by atoms with Crippen molar-refractivity contribution in [2.45, 2.75) is 189 Å². The third-order valence-electron chi connectivity index (χ3n) is 7.38. The summed E-state index contributed by atoms with van der Waals surface area (Å²) in [5.74, 6) is 0.834. The van der Waals surface area contributed by atoms with Crippen LogP contribution in [0.3, 0.4) is 0 Å². The highest BCUT2D eigenvalue weighted by atomic mass is 16.5. The molecule has 4 heteroatoms. The van der Waals surface area contributed by atoms with Gasteiger partial charge >= 0.3 is 11.9 Å². The summed E-state index contributed by atoms with van der Waals surface area (Å²) in [6.07, 6.45) is 23.7. The van der Waals surface area contributed by atoms with Crippen LogP contribution in [-0.2, 0) is 14.3 Å². The molecule has 0 bridgehead atoms. The number of rotatable bonds is 25. The van der Waals surface area contributed by atoms with Gasteiger partial charge in [-0.2, -0.15) is 0 Å². The van der Waals surface area contributed by atoms with Crippen LogP contribution in [0.25, 0.3) is 0 Å². The molecule has 228 valence electrons. The summed E-state index contributed by atoms with van der Waals surface area (Å²) in [5, 5.41) is 9.22. The fourth-order valence-electron chi connectivity index (χ4n) is 4.72. The van der Waals surface area contributed by atoms with E-state index in [2.05, 4.69) is 48.5 Å². The summed E-state index contributed by atoms with van der Waals surface area (Å²) in [4.78, 5) is 22.9. The van der Waals surface area contributed by atoms with Crippen molar-refractivity contribution >= 4 is 11.9 Å². The van der Waals surface area contributed by atoms with E-state index < -0.39 is 5.97 Å². The van der Waals surface area contributed by atoms with Gasteiger partial charge in [-0.15, -0.1) is 0 Å². The van der Waals surface area contributed by atoms with Crippen LogP contribution in [-0.4, -0.2) is 23.1 Å². The Kier molecular flexibility index (Phi) is 29.8. The highest BCUT2D eigenvalue weighted by Crippen LogP contribution is 2.20. The maximum atomic E-state index is 11.7. The van der Waals surface area contributed by atoms with E-state index in [1.807, 2.05) is 0 Å². The smallest absolute Gasteiger partial charge is 0.306 e. The zero-order valence-corrected chi connectivity index (χ0v) is 26.8. The predicted molar refractivity (Wildman–Crippen MR) is 165 cm³/mol. The number of esters is 1. The number of ether oxygens (including phenoxy) is 1. The number of carboxylic acid groups (broad SMARTS) is 1. The third kappa shape index (κ3) is 29.5. The Labute approximate surface area is 238 Å². The van der Waals surface area contributed by atoms with Crippen LogP contribution in [0.5, 0.6) is 0 Å². The van der Waals surface area contributed by atoms with Gasteiger partial charge in [0, 0.05) is 6.42 Å². The van der Waals surface area contributed by atoms with Gasteiger partial charge in [-0.1, -0.05) is 138 Å². The van der Waals surface area contributed by atoms with E-state index in [1.54, 1.807) is 0 Å². The van der Waals surface area contributed by atoms with Gasteiger partial charge in [0.1, 0.15) is 6.10 Å². The van der Waals surface area contributed by atoms with Crippen molar-refractivity contribution < 1.29 is 19.4 Å². The predicted octanol–water partition coefficient (Wildman–Crippen LogP) is 11.1. The fourth-order valence-corrected chi connectivity index (χ4v) is 4.72. The molecule has 0 radical (unpaired) electrons. The molecule has 0 rings (SSSR count). The first-order chi connectivity index (χ1) is 18.2. The number of hydrogen-bond acceptors (Lipinski definition) is 3. The number of carbonyl (C=O) groups excluding carboxylic acids is 1. The first-order valence-corrected chi connectivity index (χ1v) is 16.6. The first kappa shape index (κ1) is 39.1. The van der Waals surface area contributed by atoms with Crippen molar-refractivity contribution in [2.75, 3.05) is 0 Å². The molecule has 2 unspecified atom stereocenters. The van der Waals surface area contributed by atoms with Crippen LogP contribution in [0.15, 0.2) is 0 Å². The SMILES string of the molecule is CCCCCC(CC)OC(=O)CCCCCC(C)C.CCCCCCCCC(CCCCC(C)C)C(=O)O. The summed E-state index contributed by atoms with van der Waals surface area (Å²) in [6, 6.07) is 0. The van der Waals surface area contributed by atoms with Crippen molar-refractivity contribution in [3.8, 4) is 0 Å². The molecule has 0 saturated carbocycles. The lowest BCUT2D eigenvalue weighted by atomic mass is 9.93. The summed E-state index contributed by atoms with van der Waals surface area (Å²) < 4.78 is 5.53. The summed E-state index contributed by atoms with van der Waals surface area (Å²) >= 11 is 0. The minimum atomic E-state index is -0.585. The number of carbonyl (C=O) groups is 2. The fraction of sp³-hybridized carbons (Fsp3) is 0.941. The van der Waals surface area contributed by atoms with Crippen molar-refractivity contribution in [1.82, 2.24) is 0 Å². The molecule has 0 amide bonds. The second kappa shape index (κ2) is 28.9. The second-order valence-corrected chi connectivity index (χ2v) is 12.3. The minimum absolute atomic E-state index is 0.00731. The van der Waals surface area contributed by atoms with E-state index >= 15 is 0 Å². The zero-order chi connectivity index (χ0) is 29.0. The first-order valence-electron chi connectivity index (χ1n) is 16.6. The Morgan fingerprint density at radius 3 is 1.53 bits per heavy atom. The number of hydrogen-bond donors (Lipinski definition) is 1. The molecule has 0 saturated heterocycles. The molecule has 0 aromatic heterocycles. The number of aliphatic carboxylic acids is 1. The molecule has 1 N–H and O–H groups in total. The van der Waals surface area contributed by atoms with Crippen molar-refractivity contribution in [2.24, 2.45) is 17.8 Å². The summed E-state index contributed by atoms with van der Waals surface area (Å²) in [7, 11) is 0. The Hall–Kier alpha value is -1.06. The highest BCUT2D eigenvalue weighted by molar-refractivity contribution is 5.70. The number of unbranched alkanes of at least 4 members (excludes halogenated alkanes) is 10. The molecule has 38 heavy (non-hydrogen) atoms. The zero-order valence-electron chi connectivity index (χ0n) is 26.8. The monoisotopic (exact) mass is 541 g/mol. The molecule has 4 nitrogen and oxygen atoms in total. The van der Waals surface area contributed by atoms with Gasteiger partial charge in [-0.05, 0) is 50.4 Å². The van der Waals surface area contributed by atoms with Gasteiger partial charge < -0.3 is 9.84 Å². The molecule has 2 atom stereocenters. The van der Waals surface area contributed by atoms with Gasteiger partial charge in [-0.25, -0.2) is 0 Å². The Morgan fingerprint density at radius 1 is 0.579 bits per heavy atom. The van der Waals surface area contributed by atoms with Crippen LogP contribution < -0.4 is 0 Å². The molecule has 0 fully saturated rings. The average Bonchev–Trinajstić information content (AvgIpc) is 2.86. The van der Waals surface area contributed by atoms with Gasteiger partial charge in [0.25, 0.3) is 0 Å². The van der Waals surface area contributed by atoms with Crippen LogP contribution in [0.1, 0.15) is 183 Å². The van der Waals surface area contributed by atoms with E-state index in [0.29, 0.717) is 6.42 Å².